The molecule has 5 heteroatoms. The van der Waals surface area contributed by atoms with Crippen LogP contribution in [-0.4, -0.2) is 15.3 Å². The Kier molecular flexibility index (Phi) is 3.66. The van der Waals surface area contributed by atoms with Crippen molar-refractivity contribution in [3.8, 4) is 0 Å². The lowest BCUT2D eigenvalue weighted by Crippen LogP contribution is -2.35. The first-order chi connectivity index (χ1) is 8.43. The quantitative estimate of drug-likeness (QED) is 0.894. The van der Waals surface area contributed by atoms with Crippen LogP contribution in [0.1, 0.15) is 40.0 Å². The highest BCUT2D eigenvalue weighted by Gasteiger charge is 2.24. The highest BCUT2D eigenvalue weighted by molar-refractivity contribution is 6.33. The van der Waals surface area contributed by atoms with E-state index in [4.69, 9.17) is 11.6 Å². The van der Waals surface area contributed by atoms with Gasteiger partial charge in [0, 0.05) is 12.1 Å². The van der Waals surface area contributed by atoms with Gasteiger partial charge in [-0.15, -0.1) is 0 Å². The monoisotopic (exact) mass is 269 g/mol. The highest BCUT2D eigenvalue weighted by atomic mass is 35.5. The van der Waals surface area contributed by atoms with Gasteiger partial charge in [-0.25, -0.2) is 4.68 Å². The molecule has 1 aromatic rings. The van der Waals surface area contributed by atoms with E-state index in [2.05, 4.69) is 31.2 Å². The summed E-state index contributed by atoms with van der Waals surface area (Å²) >= 11 is 6.08. The SMILES string of the molecule is CCC(C)(C)Nc1c(Cl)cnn(CC2CC2)c1=O. The van der Waals surface area contributed by atoms with Crippen LogP contribution in [0.25, 0.3) is 0 Å². The van der Waals surface area contributed by atoms with E-state index < -0.39 is 0 Å². The van der Waals surface area contributed by atoms with Crippen molar-refractivity contribution < 1.29 is 0 Å². The van der Waals surface area contributed by atoms with Gasteiger partial charge in [-0.3, -0.25) is 4.79 Å². The van der Waals surface area contributed by atoms with Gasteiger partial charge in [0.05, 0.1) is 11.2 Å². The predicted octanol–water partition coefficient (Wildman–Crippen LogP) is 2.91. The molecule has 0 atom stereocenters. The second-order valence-electron chi connectivity index (χ2n) is 5.66. The van der Waals surface area contributed by atoms with Gasteiger partial charge >= 0.3 is 0 Å². The minimum absolute atomic E-state index is 0.115. The Balaban J connectivity index is 2.30. The maximum Gasteiger partial charge on any atom is 0.291 e. The molecular weight excluding hydrogens is 250 g/mol. The fourth-order valence-electron chi connectivity index (χ4n) is 1.68. The lowest BCUT2D eigenvalue weighted by atomic mass is 10.0. The zero-order chi connectivity index (χ0) is 13.3. The summed E-state index contributed by atoms with van der Waals surface area (Å²) in [6, 6.07) is 0. The molecule has 0 aromatic carbocycles. The second kappa shape index (κ2) is 4.92. The first-order valence-corrected chi connectivity index (χ1v) is 6.84. The highest BCUT2D eigenvalue weighted by Crippen LogP contribution is 2.30. The summed E-state index contributed by atoms with van der Waals surface area (Å²) in [6.45, 7) is 6.88. The standard InChI is InChI=1S/C13H20ClN3O/c1-4-13(2,3)16-11-10(14)7-15-17(12(11)18)8-9-5-6-9/h7,9,16H,4-6,8H2,1-3H3. The summed E-state index contributed by atoms with van der Waals surface area (Å²) in [5.41, 5.74) is 0.205. The van der Waals surface area contributed by atoms with Gasteiger partial charge in [0.25, 0.3) is 5.56 Å². The molecule has 1 aliphatic rings. The third-order valence-electron chi connectivity index (χ3n) is 3.47. The predicted molar refractivity (Wildman–Crippen MR) is 74.2 cm³/mol. The number of anilines is 1. The third kappa shape index (κ3) is 3.05. The van der Waals surface area contributed by atoms with Crippen molar-refractivity contribution in [3.05, 3.63) is 21.6 Å². The topological polar surface area (TPSA) is 46.9 Å². The molecular formula is C13H20ClN3O. The number of rotatable bonds is 5. The Morgan fingerprint density at radius 1 is 1.56 bits per heavy atom. The summed E-state index contributed by atoms with van der Waals surface area (Å²) in [5.74, 6) is 0.614. The van der Waals surface area contributed by atoms with Crippen molar-refractivity contribution in [1.29, 1.82) is 0 Å². The van der Waals surface area contributed by atoms with E-state index in [-0.39, 0.29) is 11.1 Å². The number of nitrogens with one attached hydrogen (secondary N) is 1. The van der Waals surface area contributed by atoms with Crippen LogP contribution in [0.15, 0.2) is 11.0 Å². The Hall–Kier alpha value is -1.03. The number of halogens is 1. The maximum absolute atomic E-state index is 12.3. The molecule has 1 N–H and O–H groups in total. The molecule has 0 spiro atoms. The number of hydrogen-bond acceptors (Lipinski definition) is 3. The fraction of sp³-hybridized carbons (Fsp3) is 0.692. The van der Waals surface area contributed by atoms with E-state index in [1.807, 2.05) is 0 Å². The van der Waals surface area contributed by atoms with Crippen LogP contribution in [0.3, 0.4) is 0 Å². The van der Waals surface area contributed by atoms with Crippen LogP contribution in [0.2, 0.25) is 5.02 Å². The summed E-state index contributed by atoms with van der Waals surface area (Å²) in [4.78, 5) is 12.3. The van der Waals surface area contributed by atoms with Gasteiger partial charge in [0.15, 0.2) is 0 Å². The van der Waals surface area contributed by atoms with Gasteiger partial charge in [0.1, 0.15) is 5.69 Å². The van der Waals surface area contributed by atoms with Gasteiger partial charge in [-0.2, -0.15) is 5.10 Å². The minimum Gasteiger partial charge on any atom is -0.374 e. The Morgan fingerprint density at radius 2 is 2.22 bits per heavy atom. The summed E-state index contributed by atoms with van der Waals surface area (Å²) in [7, 11) is 0. The van der Waals surface area contributed by atoms with E-state index in [1.165, 1.54) is 17.5 Å². The first-order valence-electron chi connectivity index (χ1n) is 6.47. The zero-order valence-electron chi connectivity index (χ0n) is 11.2. The number of nitrogens with zero attached hydrogens (tertiary/aromatic N) is 2. The lowest BCUT2D eigenvalue weighted by Gasteiger charge is -2.26. The molecule has 0 aliphatic heterocycles. The molecule has 1 fully saturated rings. The van der Waals surface area contributed by atoms with Crippen molar-refractivity contribution in [2.75, 3.05) is 5.32 Å². The Morgan fingerprint density at radius 3 is 2.78 bits per heavy atom. The third-order valence-corrected chi connectivity index (χ3v) is 3.76. The van der Waals surface area contributed by atoms with E-state index >= 15 is 0 Å². The summed E-state index contributed by atoms with van der Waals surface area (Å²) < 4.78 is 1.53. The molecule has 18 heavy (non-hydrogen) atoms. The average molecular weight is 270 g/mol. The Labute approximate surface area is 112 Å². The second-order valence-corrected chi connectivity index (χ2v) is 6.07. The lowest BCUT2D eigenvalue weighted by molar-refractivity contribution is 0.522. The minimum atomic E-state index is -0.151. The summed E-state index contributed by atoms with van der Waals surface area (Å²) in [5, 5.41) is 7.74. The Bertz CT molecular complexity index is 491. The van der Waals surface area contributed by atoms with Crippen molar-refractivity contribution in [2.24, 2.45) is 5.92 Å². The van der Waals surface area contributed by atoms with Crippen LogP contribution < -0.4 is 10.9 Å². The largest absolute Gasteiger partial charge is 0.374 e. The molecule has 0 bridgehead atoms. The van der Waals surface area contributed by atoms with Crippen molar-refractivity contribution >= 4 is 17.3 Å². The molecule has 2 rings (SSSR count). The van der Waals surface area contributed by atoms with E-state index in [1.54, 1.807) is 6.20 Å². The first kappa shape index (κ1) is 13.4. The van der Waals surface area contributed by atoms with Crippen LogP contribution >= 0.6 is 11.6 Å². The molecule has 0 radical (unpaired) electrons. The molecule has 1 aromatic heterocycles. The van der Waals surface area contributed by atoms with Gasteiger partial charge in [0.2, 0.25) is 0 Å². The van der Waals surface area contributed by atoms with Gasteiger partial charge in [-0.1, -0.05) is 18.5 Å². The molecule has 1 aliphatic carbocycles. The molecule has 100 valence electrons. The molecule has 1 saturated carbocycles. The van der Waals surface area contributed by atoms with E-state index in [0.29, 0.717) is 23.2 Å². The number of hydrogen-bond donors (Lipinski definition) is 1. The summed E-state index contributed by atoms with van der Waals surface area (Å²) in [6.07, 6.45) is 4.85. The van der Waals surface area contributed by atoms with Gasteiger partial charge < -0.3 is 5.32 Å². The normalized spacial score (nSPS) is 15.8. The number of aromatic nitrogens is 2. The van der Waals surface area contributed by atoms with Crippen molar-refractivity contribution in [2.45, 2.75) is 52.1 Å². The maximum atomic E-state index is 12.3. The average Bonchev–Trinajstić information content (AvgIpc) is 3.12. The van der Waals surface area contributed by atoms with Crippen LogP contribution in [0.4, 0.5) is 5.69 Å². The molecule has 0 saturated heterocycles. The van der Waals surface area contributed by atoms with Crippen molar-refractivity contribution in [1.82, 2.24) is 9.78 Å². The van der Waals surface area contributed by atoms with Crippen molar-refractivity contribution in [3.63, 3.8) is 0 Å². The van der Waals surface area contributed by atoms with E-state index in [0.717, 1.165) is 6.42 Å². The molecule has 1 heterocycles. The molecule has 0 unspecified atom stereocenters. The van der Waals surface area contributed by atoms with E-state index in [9.17, 15) is 4.79 Å². The molecule has 0 amide bonds. The van der Waals surface area contributed by atoms with Crippen LogP contribution in [-0.2, 0) is 6.54 Å². The zero-order valence-corrected chi connectivity index (χ0v) is 11.9. The van der Waals surface area contributed by atoms with Gasteiger partial charge in [-0.05, 0) is 39.0 Å². The van der Waals surface area contributed by atoms with Crippen LogP contribution in [0.5, 0.6) is 0 Å². The smallest absolute Gasteiger partial charge is 0.291 e. The molecule has 4 nitrogen and oxygen atoms in total. The fourth-order valence-corrected chi connectivity index (χ4v) is 1.86. The van der Waals surface area contributed by atoms with Crippen LogP contribution in [0, 0.1) is 5.92 Å².